The number of ether oxygens (including phenoxy) is 1. The summed E-state index contributed by atoms with van der Waals surface area (Å²) in [5, 5.41) is 8.01. The summed E-state index contributed by atoms with van der Waals surface area (Å²) in [6.07, 6.45) is 2.83. The van der Waals surface area contributed by atoms with E-state index in [9.17, 15) is 4.79 Å². The first-order valence-electron chi connectivity index (χ1n) is 12.0. The zero-order chi connectivity index (χ0) is 24.4. The largest absolute Gasteiger partial charge is 0.385 e. The zero-order valence-electron chi connectivity index (χ0n) is 20.4. The number of methoxy groups -OCH3 is 1. The monoisotopic (exact) mass is 469 g/mol. The lowest BCUT2D eigenvalue weighted by atomic mass is 10.00. The predicted molar refractivity (Wildman–Crippen MR) is 136 cm³/mol. The van der Waals surface area contributed by atoms with Crippen LogP contribution in [-0.4, -0.2) is 45.5 Å². The van der Waals surface area contributed by atoms with Crippen LogP contribution >= 0.6 is 0 Å². The molecule has 180 valence electrons. The van der Waals surface area contributed by atoms with E-state index in [0.29, 0.717) is 19.7 Å². The second-order valence-corrected chi connectivity index (χ2v) is 8.96. The quantitative estimate of drug-likeness (QED) is 0.407. The summed E-state index contributed by atoms with van der Waals surface area (Å²) in [6, 6.07) is 22.4. The lowest BCUT2D eigenvalue weighted by Gasteiger charge is -2.31. The Morgan fingerprint density at radius 3 is 2.69 bits per heavy atom. The number of hydrogen-bond acceptors (Lipinski definition) is 3. The van der Waals surface area contributed by atoms with Gasteiger partial charge in [-0.25, -0.2) is 9.48 Å². The fourth-order valence-electron chi connectivity index (χ4n) is 4.85. The van der Waals surface area contributed by atoms with E-state index >= 15 is 0 Å². The van der Waals surface area contributed by atoms with Crippen molar-refractivity contribution >= 4 is 6.03 Å². The maximum atomic E-state index is 13.6. The SMILES string of the molecule is COCCCNC(=O)N1Cc2c(C)nn(-c3ccccc3)c2-n2cccc2[C@H]1c1cccc(C)c1. The molecule has 4 aromatic rings. The summed E-state index contributed by atoms with van der Waals surface area (Å²) in [5.74, 6) is 0.973. The van der Waals surface area contributed by atoms with E-state index in [1.807, 2.05) is 40.8 Å². The second kappa shape index (κ2) is 9.80. The number of fused-ring (bicyclic) bond motifs is 3. The molecule has 2 aromatic heterocycles. The first-order chi connectivity index (χ1) is 17.1. The zero-order valence-corrected chi connectivity index (χ0v) is 20.4. The van der Waals surface area contributed by atoms with Gasteiger partial charge in [0.15, 0.2) is 0 Å². The van der Waals surface area contributed by atoms with E-state index in [4.69, 9.17) is 9.84 Å². The van der Waals surface area contributed by atoms with Gasteiger partial charge in [0.2, 0.25) is 0 Å². The highest BCUT2D eigenvalue weighted by Gasteiger charge is 2.35. The van der Waals surface area contributed by atoms with E-state index in [0.717, 1.165) is 46.0 Å². The summed E-state index contributed by atoms with van der Waals surface area (Å²) >= 11 is 0. The third-order valence-electron chi connectivity index (χ3n) is 6.51. The van der Waals surface area contributed by atoms with Crippen molar-refractivity contribution in [2.24, 2.45) is 0 Å². The van der Waals surface area contributed by atoms with Crippen LogP contribution in [0.5, 0.6) is 0 Å². The molecule has 7 heteroatoms. The fourth-order valence-corrected chi connectivity index (χ4v) is 4.85. The molecule has 0 spiro atoms. The standard InChI is InChI=1S/C28H31N5O2/c1-20-10-7-11-22(18-20)26-25-14-8-16-31(25)27-24(19-32(26)28(34)29-15-9-17-35-3)21(2)30-33(27)23-12-5-4-6-13-23/h4-8,10-14,16,18,26H,9,15,17,19H2,1-3H3,(H,29,34)/t26-/m1/s1. The van der Waals surface area contributed by atoms with Crippen LogP contribution in [0.1, 0.15) is 40.5 Å². The van der Waals surface area contributed by atoms with E-state index < -0.39 is 0 Å². The summed E-state index contributed by atoms with van der Waals surface area (Å²) < 4.78 is 9.33. The Morgan fingerprint density at radius 1 is 1.09 bits per heavy atom. The van der Waals surface area contributed by atoms with Gasteiger partial charge in [0, 0.05) is 32.0 Å². The Labute approximate surface area is 205 Å². The number of hydrogen-bond donors (Lipinski definition) is 1. The number of nitrogens with zero attached hydrogens (tertiary/aromatic N) is 4. The Balaban J connectivity index is 1.66. The molecule has 0 aliphatic carbocycles. The van der Waals surface area contributed by atoms with Gasteiger partial charge in [0.1, 0.15) is 5.82 Å². The molecule has 0 saturated heterocycles. The molecule has 1 atom stereocenters. The molecule has 5 rings (SSSR count). The minimum Gasteiger partial charge on any atom is -0.385 e. The van der Waals surface area contributed by atoms with Crippen molar-refractivity contribution in [2.75, 3.05) is 20.3 Å². The van der Waals surface area contributed by atoms with Crippen molar-refractivity contribution in [3.63, 3.8) is 0 Å². The highest BCUT2D eigenvalue weighted by molar-refractivity contribution is 5.76. The van der Waals surface area contributed by atoms with Gasteiger partial charge in [-0.1, -0.05) is 48.0 Å². The fraction of sp³-hybridized carbons (Fsp3) is 0.286. The molecule has 2 aromatic carbocycles. The first kappa shape index (κ1) is 22.9. The van der Waals surface area contributed by atoms with Crippen molar-refractivity contribution in [1.82, 2.24) is 24.6 Å². The molecule has 1 aliphatic heterocycles. The molecular formula is C28H31N5O2. The van der Waals surface area contributed by atoms with E-state index in [-0.39, 0.29) is 12.1 Å². The number of amides is 2. The number of benzene rings is 2. The van der Waals surface area contributed by atoms with Gasteiger partial charge in [-0.05, 0) is 50.1 Å². The summed E-state index contributed by atoms with van der Waals surface area (Å²) in [7, 11) is 1.67. The third kappa shape index (κ3) is 4.35. The number of carbonyl (C=O) groups excluding carboxylic acids is 1. The summed E-state index contributed by atoms with van der Waals surface area (Å²) in [6.45, 7) is 5.71. The van der Waals surface area contributed by atoms with Crippen LogP contribution in [0.3, 0.4) is 0 Å². The molecule has 0 fully saturated rings. The van der Waals surface area contributed by atoms with Gasteiger partial charge in [-0.15, -0.1) is 0 Å². The normalized spacial score (nSPS) is 14.8. The van der Waals surface area contributed by atoms with Gasteiger partial charge in [0.05, 0.1) is 29.7 Å². The van der Waals surface area contributed by atoms with E-state index in [2.05, 4.69) is 65.5 Å². The number of urea groups is 1. The van der Waals surface area contributed by atoms with Crippen molar-refractivity contribution in [3.8, 4) is 11.5 Å². The third-order valence-corrected chi connectivity index (χ3v) is 6.51. The highest BCUT2D eigenvalue weighted by Crippen LogP contribution is 2.38. The van der Waals surface area contributed by atoms with Crippen molar-refractivity contribution < 1.29 is 9.53 Å². The Kier molecular flexibility index (Phi) is 6.42. The molecule has 35 heavy (non-hydrogen) atoms. The molecule has 3 heterocycles. The molecule has 1 N–H and O–H groups in total. The van der Waals surface area contributed by atoms with Gasteiger partial charge in [-0.2, -0.15) is 5.10 Å². The maximum Gasteiger partial charge on any atom is 0.318 e. The molecule has 0 radical (unpaired) electrons. The van der Waals surface area contributed by atoms with Crippen LogP contribution in [0.4, 0.5) is 4.79 Å². The van der Waals surface area contributed by atoms with Crippen LogP contribution < -0.4 is 5.32 Å². The molecule has 1 aliphatic rings. The predicted octanol–water partition coefficient (Wildman–Crippen LogP) is 4.93. The smallest absolute Gasteiger partial charge is 0.318 e. The van der Waals surface area contributed by atoms with E-state index in [1.165, 1.54) is 0 Å². The van der Waals surface area contributed by atoms with Gasteiger partial charge in [0.25, 0.3) is 0 Å². The lowest BCUT2D eigenvalue weighted by Crippen LogP contribution is -2.42. The molecule has 7 nitrogen and oxygen atoms in total. The average molecular weight is 470 g/mol. The molecule has 0 unspecified atom stereocenters. The number of nitrogens with one attached hydrogen (secondary N) is 1. The Bertz CT molecular complexity index is 1320. The number of rotatable bonds is 6. The molecular weight excluding hydrogens is 438 g/mol. The number of aromatic nitrogens is 3. The summed E-state index contributed by atoms with van der Waals surface area (Å²) in [4.78, 5) is 15.6. The lowest BCUT2D eigenvalue weighted by molar-refractivity contribution is 0.174. The van der Waals surface area contributed by atoms with Gasteiger partial charge < -0.3 is 19.5 Å². The Hall–Kier alpha value is -3.84. The first-order valence-corrected chi connectivity index (χ1v) is 12.0. The highest BCUT2D eigenvalue weighted by atomic mass is 16.5. The minimum atomic E-state index is -0.247. The Morgan fingerprint density at radius 2 is 1.91 bits per heavy atom. The van der Waals surface area contributed by atoms with E-state index in [1.54, 1.807) is 7.11 Å². The van der Waals surface area contributed by atoms with Gasteiger partial charge in [-0.3, -0.25) is 0 Å². The van der Waals surface area contributed by atoms with Crippen LogP contribution in [-0.2, 0) is 11.3 Å². The number of para-hydroxylation sites is 1. The van der Waals surface area contributed by atoms with Crippen molar-refractivity contribution in [2.45, 2.75) is 32.9 Å². The average Bonchev–Trinajstić information content (AvgIpc) is 3.42. The molecule has 0 saturated carbocycles. The molecule has 2 amide bonds. The van der Waals surface area contributed by atoms with Crippen molar-refractivity contribution in [3.05, 3.63) is 101 Å². The topological polar surface area (TPSA) is 64.3 Å². The number of aryl methyl sites for hydroxylation is 2. The van der Waals surface area contributed by atoms with Crippen LogP contribution in [0.15, 0.2) is 72.9 Å². The maximum absolute atomic E-state index is 13.6. The second-order valence-electron chi connectivity index (χ2n) is 8.96. The minimum absolute atomic E-state index is 0.0972. The molecule has 0 bridgehead atoms. The van der Waals surface area contributed by atoms with Crippen LogP contribution in [0.25, 0.3) is 11.5 Å². The van der Waals surface area contributed by atoms with Gasteiger partial charge >= 0.3 is 6.03 Å². The van der Waals surface area contributed by atoms with Crippen LogP contribution in [0, 0.1) is 13.8 Å². The number of carbonyl (C=O) groups is 1. The van der Waals surface area contributed by atoms with Crippen molar-refractivity contribution in [1.29, 1.82) is 0 Å². The van der Waals surface area contributed by atoms with Crippen LogP contribution in [0.2, 0.25) is 0 Å². The summed E-state index contributed by atoms with van der Waals surface area (Å²) in [5.41, 5.74) is 6.20.